The molecule has 0 bridgehead atoms. The summed E-state index contributed by atoms with van der Waals surface area (Å²) in [5.41, 5.74) is 0. The van der Waals surface area contributed by atoms with Gasteiger partial charge in [0.05, 0.1) is 5.25 Å². The molecule has 0 aromatic carbocycles. The molecule has 0 spiro atoms. The lowest BCUT2D eigenvalue weighted by Gasteiger charge is -2.14. The van der Waals surface area contributed by atoms with Crippen molar-refractivity contribution in [2.75, 3.05) is 17.6 Å². The van der Waals surface area contributed by atoms with Gasteiger partial charge in [0, 0.05) is 13.0 Å². The first-order chi connectivity index (χ1) is 10.5. The van der Waals surface area contributed by atoms with E-state index in [4.69, 9.17) is 12.2 Å². The summed E-state index contributed by atoms with van der Waals surface area (Å²) in [5.74, 6) is 0.825. The molecule has 1 aromatic rings. The molecule has 0 aliphatic carbocycles. The molecule has 1 N–H and O–H groups in total. The molecule has 1 atom stereocenters. The maximum absolute atomic E-state index is 11.9. The number of hydrogen-bond acceptors (Lipinski definition) is 8. The van der Waals surface area contributed by atoms with Crippen molar-refractivity contribution < 1.29 is 9.59 Å². The summed E-state index contributed by atoms with van der Waals surface area (Å²) >= 11 is 9.51. The van der Waals surface area contributed by atoms with Crippen molar-refractivity contribution in [3.05, 3.63) is 0 Å². The van der Waals surface area contributed by atoms with Crippen molar-refractivity contribution in [3.8, 4) is 0 Å². The normalized spacial score (nSPS) is 18.1. The number of aromatic nitrogens is 2. The molecule has 10 heteroatoms. The van der Waals surface area contributed by atoms with Crippen LogP contribution in [0.4, 0.5) is 5.13 Å². The quantitative estimate of drug-likeness (QED) is 0.445. The van der Waals surface area contributed by atoms with Gasteiger partial charge in [0.25, 0.3) is 0 Å². The Morgan fingerprint density at radius 1 is 1.50 bits per heavy atom. The van der Waals surface area contributed by atoms with Crippen molar-refractivity contribution in [1.82, 2.24) is 15.1 Å². The molecule has 1 aromatic heterocycles. The molecular weight excluding hydrogens is 360 g/mol. The molecule has 6 nitrogen and oxygen atoms in total. The van der Waals surface area contributed by atoms with Crippen molar-refractivity contribution in [1.29, 1.82) is 0 Å². The fourth-order valence-electron chi connectivity index (χ4n) is 1.80. The second kappa shape index (κ2) is 8.23. The van der Waals surface area contributed by atoms with E-state index in [1.807, 2.05) is 13.8 Å². The van der Waals surface area contributed by atoms with Crippen LogP contribution < -0.4 is 5.32 Å². The topological polar surface area (TPSA) is 75.2 Å². The maximum atomic E-state index is 11.9. The standard InChI is InChI=1S/C12H16N4O2S4/c1-3-20-11-15-14-10(22-11)13-8(17)5-4-6-16-9(18)7(2)21-12(16)19/h7H,3-6H2,1-2H3,(H,13,14,17). The highest BCUT2D eigenvalue weighted by molar-refractivity contribution is 8.24. The first-order valence-electron chi connectivity index (χ1n) is 6.79. The van der Waals surface area contributed by atoms with Crippen LogP contribution in [0.1, 0.15) is 26.7 Å². The zero-order valence-electron chi connectivity index (χ0n) is 12.2. The number of thiocarbonyl (C=S) groups is 1. The molecule has 0 radical (unpaired) electrons. The van der Waals surface area contributed by atoms with E-state index in [0.717, 1.165) is 10.1 Å². The van der Waals surface area contributed by atoms with Gasteiger partial charge in [-0.05, 0) is 19.1 Å². The van der Waals surface area contributed by atoms with E-state index in [-0.39, 0.29) is 17.1 Å². The number of carbonyl (C=O) groups excluding carboxylic acids is 2. The Labute approximate surface area is 146 Å². The Balaban J connectivity index is 1.73. The van der Waals surface area contributed by atoms with E-state index in [1.165, 1.54) is 23.1 Å². The Morgan fingerprint density at radius 3 is 2.91 bits per heavy atom. The molecule has 2 heterocycles. The zero-order chi connectivity index (χ0) is 16.1. The summed E-state index contributed by atoms with van der Waals surface area (Å²) in [5, 5.41) is 11.0. The van der Waals surface area contributed by atoms with Crippen LogP contribution in [-0.2, 0) is 9.59 Å². The maximum Gasteiger partial charge on any atom is 0.241 e. The van der Waals surface area contributed by atoms with Crippen molar-refractivity contribution in [2.24, 2.45) is 0 Å². The van der Waals surface area contributed by atoms with Gasteiger partial charge in [-0.25, -0.2) is 0 Å². The molecule has 120 valence electrons. The van der Waals surface area contributed by atoms with Crippen LogP contribution >= 0.6 is 47.1 Å². The lowest BCUT2D eigenvalue weighted by atomic mass is 10.2. The Kier molecular flexibility index (Phi) is 6.60. The highest BCUT2D eigenvalue weighted by Gasteiger charge is 2.33. The summed E-state index contributed by atoms with van der Waals surface area (Å²) < 4.78 is 1.44. The molecule has 1 aliphatic heterocycles. The lowest BCUT2D eigenvalue weighted by Crippen LogP contribution is -2.32. The average Bonchev–Trinajstić information content (AvgIpc) is 2.99. The Hall–Kier alpha value is -0.710. The molecule has 1 unspecified atom stereocenters. The average molecular weight is 377 g/mol. The number of hydrogen-bond donors (Lipinski definition) is 1. The van der Waals surface area contributed by atoms with Crippen molar-refractivity contribution in [3.63, 3.8) is 0 Å². The van der Waals surface area contributed by atoms with Crippen LogP contribution in [0.2, 0.25) is 0 Å². The van der Waals surface area contributed by atoms with E-state index in [0.29, 0.717) is 28.8 Å². The summed E-state index contributed by atoms with van der Waals surface area (Å²) in [6.45, 7) is 4.36. The largest absolute Gasteiger partial charge is 0.301 e. The summed E-state index contributed by atoms with van der Waals surface area (Å²) in [7, 11) is 0. The lowest BCUT2D eigenvalue weighted by molar-refractivity contribution is -0.126. The minimum Gasteiger partial charge on any atom is -0.301 e. The third-order valence-electron chi connectivity index (χ3n) is 2.82. The minimum absolute atomic E-state index is 0.0285. The van der Waals surface area contributed by atoms with E-state index in [2.05, 4.69) is 15.5 Å². The van der Waals surface area contributed by atoms with Gasteiger partial charge < -0.3 is 5.32 Å². The number of thioether (sulfide) groups is 2. The van der Waals surface area contributed by atoms with Crippen molar-refractivity contribution in [2.45, 2.75) is 36.3 Å². The van der Waals surface area contributed by atoms with E-state index >= 15 is 0 Å². The van der Waals surface area contributed by atoms with Gasteiger partial charge in [-0.15, -0.1) is 10.2 Å². The summed E-state index contributed by atoms with van der Waals surface area (Å²) in [4.78, 5) is 25.3. The predicted octanol–water partition coefficient (Wildman–Crippen LogP) is 2.62. The molecule has 1 saturated heterocycles. The van der Waals surface area contributed by atoms with Crippen LogP contribution in [0.3, 0.4) is 0 Å². The fraction of sp³-hybridized carbons (Fsp3) is 0.583. The Morgan fingerprint density at radius 2 is 2.27 bits per heavy atom. The number of nitrogens with one attached hydrogen (secondary N) is 1. The highest BCUT2D eigenvalue weighted by Crippen LogP contribution is 2.27. The minimum atomic E-state index is -0.123. The number of amides is 2. The van der Waals surface area contributed by atoms with Gasteiger partial charge in [0.2, 0.25) is 16.9 Å². The number of anilines is 1. The zero-order valence-corrected chi connectivity index (χ0v) is 15.5. The van der Waals surface area contributed by atoms with Gasteiger partial charge in [-0.1, -0.05) is 54.0 Å². The van der Waals surface area contributed by atoms with Crippen LogP contribution in [-0.4, -0.2) is 48.8 Å². The van der Waals surface area contributed by atoms with E-state index < -0.39 is 0 Å². The number of rotatable bonds is 7. The van der Waals surface area contributed by atoms with Gasteiger partial charge >= 0.3 is 0 Å². The molecular formula is C12H16N4O2S4. The van der Waals surface area contributed by atoms with Crippen LogP contribution in [0.25, 0.3) is 0 Å². The van der Waals surface area contributed by atoms with Crippen molar-refractivity contribution >= 4 is 68.3 Å². The number of carbonyl (C=O) groups is 2. The van der Waals surface area contributed by atoms with Crippen LogP contribution in [0.15, 0.2) is 4.34 Å². The van der Waals surface area contributed by atoms with E-state index in [1.54, 1.807) is 16.7 Å². The molecule has 2 rings (SSSR count). The fourth-order valence-corrected chi connectivity index (χ4v) is 4.92. The van der Waals surface area contributed by atoms with E-state index in [9.17, 15) is 9.59 Å². The van der Waals surface area contributed by atoms with Crippen LogP contribution in [0, 0.1) is 0 Å². The third-order valence-corrected chi connectivity index (χ3v) is 6.16. The second-order valence-electron chi connectivity index (χ2n) is 4.47. The molecule has 0 saturated carbocycles. The van der Waals surface area contributed by atoms with Gasteiger partial charge in [0.1, 0.15) is 4.32 Å². The second-order valence-corrected chi connectivity index (χ2v) is 8.94. The first kappa shape index (κ1) is 17.6. The van der Waals surface area contributed by atoms with Gasteiger partial charge in [-0.2, -0.15) is 0 Å². The smallest absolute Gasteiger partial charge is 0.241 e. The molecule has 1 aliphatic rings. The summed E-state index contributed by atoms with van der Waals surface area (Å²) in [6, 6.07) is 0. The number of nitrogens with zero attached hydrogens (tertiary/aromatic N) is 3. The first-order valence-corrected chi connectivity index (χ1v) is 9.88. The molecule has 2 amide bonds. The monoisotopic (exact) mass is 376 g/mol. The highest BCUT2D eigenvalue weighted by atomic mass is 32.2. The Bertz CT molecular complexity index is 577. The molecule has 22 heavy (non-hydrogen) atoms. The van der Waals surface area contributed by atoms with Gasteiger partial charge in [-0.3, -0.25) is 14.5 Å². The summed E-state index contributed by atoms with van der Waals surface area (Å²) in [6.07, 6.45) is 0.891. The van der Waals surface area contributed by atoms with Crippen LogP contribution in [0.5, 0.6) is 0 Å². The molecule has 1 fully saturated rings. The predicted molar refractivity (Wildman–Crippen MR) is 95.5 cm³/mol. The van der Waals surface area contributed by atoms with Gasteiger partial charge in [0.15, 0.2) is 4.34 Å². The SMILES string of the molecule is CCSc1nnc(NC(=O)CCCN2C(=O)C(C)SC2=S)s1. The third kappa shape index (κ3) is 4.64.